The van der Waals surface area contributed by atoms with Gasteiger partial charge in [-0.15, -0.1) is 0 Å². The van der Waals surface area contributed by atoms with Crippen molar-refractivity contribution in [1.82, 2.24) is 4.90 Å². The molecule has 80 valence electrons. The molecule has 1 aliphatic carbocycles. The van der Waals surface area contributed by atoms with E-state index in [4.69, 9.17) is 4.74 Å². The average Bonchev–Trinajstić information content (AvgIpc) is 2.65. The Morgan fingerprint density at radius 2 is 2.36 bits per heavy atom. The summed E-state index contributed by atoms with van der Waals surface area (Å²) < 4.78 is 4.83. The van der Waals surface area contributed by atoms with Crippen molar-refractivity contribution >= 4 is 5.97 Å². The SMILES string of the molecule is COC(=O)C(CN(C)C)C1C=CCC1. The predicted octanol–water partition coefficient (Wildman–Crippen LogP) is 1.30. The van der Waals surface area contributed by atoms with Gasteiger partial charge in [0.25, 0.3) is 0 Å². The number of nitrogens with zero attached hydrogens (tertiary/aromatic N) is 1. The molecular formula is C11H19NO2. The summed E-state index contributed by atoms with van der Waals surface area (Å²) in [6.45, 7) is 0.766. The van der Waals surface area contributed by atoms with Crippen molar-refractivity contribution in [2.45, 2.75) is 12.8 Å². The molecule has 0 fully saturated rings. The molecule has 0 aliphatic heterocycles. The molecule has 0 aromatic rings. The molecule has 2 atom stereocenters. The van der Waals surface area contributed by atoms with E-state index in [0.29, 0.717) is 5.92 Å². The fraction of sp³-hybridized carbons (Fsp3) is 0.727. The van der Waals surface area contributed by atoms with Crippen LogP contribution in [-0.2, 0) is 9.53 Å². The summed E-state index contributed by atoms with van der Waals surface area (Å²) in [7, 11) is 5.42. The van der Waals surface area contributed by atoms with Gasteiger partial charge in [-0.25, -0.2) is 0 Å². The summed E-state index contributed by atoms with van der Waals surface area (Å²) in [5.41, 5.74) is 0. The highest BCUT2D eigenvalue weighted by Gasteiger charge is 2.29. The smallest absolute Gasteiger partial charge is 0.310 e. The van der Waals surface area contributed by atoms with Crippen LogP contribution in [-0.4, -0.2) is 38.6 Å². The molecule has 0 radical (unpaired) electrons. The van der Waals surface area contributed by atoms with E-state index in [1.807, 2.05) is 19.0 Å². The first-order valence-corrected chi connectivity index (χ1v) is 5.04. The summed E-state index contributed by atoms with van der Waals surface area (Å²) >= 11 is 0. The lowest BCUT2D eigenvalue weighted by Gasteiger charge is -2.23. The third-order valence-corrected chi connectivity index (χ3v) is 2.63. The quantitative estimate of drug-likeness (QED) is 0.502. The van der Waals surface area contributed by atoms with Gasteiger partial charge in [0, 0.05) is 6.54 Å². The van der Waals surface area contributed by atoms with Crippen LogP contribution in [0.4, 0.5) is 0 Å². The molecular weight excluding hydrogens is 178 g/mol. The van der Waals surface area contributed by atoms with Crippen molar-refractivity contribution in [3.63, 3.8) is 0 Å². The third-order valence-electron chi connectivity index (χ3n) is 2.63. The largest absolute Gasteiger partial charge is 0.469 e. The van der Waals surface area contributed by atoms with Crippen LogP contribution in [0.5, 0.6) is 0 Å². The second-order valence-corrected chi connectivity index (χ2v) is 4.06. The summed E-state index contributed by atoms with van der Waals surface area (Å²) in [4.78, 5) is 13.6. The molecule has 2 unspecified atom stereocenters. The Balaban J connectivity index is 2.60. The van der Waals surface area contributed by atoms with Crippen molar-refractivity contribution < 1.29 is 9.53 Å². The summed E-state index contributed by atoms with van der Waals surface area (Å²) in [6.07, 6.45) is 6.46. The van der Waals surface area contributed by atoms with E-state index in [0.717, 1.165) is 19.4 Å². The van der Waals surface area contributed by atoms with E-state index in [9.17, 15) is 4.79 Å². The number of ether oxygens (including phenoxy) is 1. The fourth-order valence-electron chi connectivity index (χ4n) is 1.92. The van der Waals surface area contributed by atoms with Crippen LogP contribution in [0.1, 0.15) is 12.8 Å². The first kappa shape index (κ1) is 11.2. The molecule has 0 bridgehead atoms. The zero-order valence-electron chi connectivity index (χ0n) is 9.19. The molecule has 3 heteroatoms. The molecule has 0 saturated heterocycles. The van der Waals surface area contributed by atoms with Gasteiger partial charge in [-0.2, -0.15) is 0 Å². The fourth-order valence-corrected chi connectivity index (χ4v) is 1.92. The maximum atomic E-state index is 11.6. The zero-order valence-corrected chi connectivity index (χ0v) is 9.19. The van der Waals surface area contributed by atoms with Gasteiger partial charge < -0.3 is 9.64 Å². The number of carbonyl (C=O) groups excluding carboxylic acids is 1. The van der Waals surface area contributed by atoms with Gasteiger partial charge in [-0.3, -0.25) is 4.79 Å². The van der Waals surface area contributed by atoms with Gasteiger partial charge in [-0.1, -0.05) is 12.2 Å². The highest BCUT2D eigenvalue weighted by Crippen LogP contribution is 2.26. The Morgan fingerprint density at radius 1 is 1.64 bits per heavy atom. The number of allylic oxidation sites excluding steroid dienone is 2. The van der Waals surface area contributed by atoms with Gasteiger partial charge in [0.2, 0.25) is 0 Å². The molecule has 0 heterocycles. The van der Waals surface area contributed by atoms with Crippen LogP contribution in [0, 0.1) is 11.8 Å². The molecule has 0 aromatic heterocycles. The lowest BCUT2D eigenvalue weighted by molar-refractivity contribution is -0.147. The summed E-state index contributed by atoms with van der Waals surface area (Å²) in [5.74, 6) is 0.272. The van der Waals surface area contributed by atoms with Crippen LogP contribution in [0.25, 0.3) is 0 Å². The number of hydrogen-bond acceptors (Lipinski definition) is 3. The standard InChI is InChI=1S/C11H19NO2/c1-12(2)8-10(11(13)14-3)9-6-4-5-7-9/h4,6,9-10H,5,7-8H2,1-3H3. The van der Waals surface area contributed by atoms with Crippen molar-refractivity contribution in [2.24, 2.45) is 11.8 Å². The van der Waals surface area contributed by atoms with Crippen molar-refractivity contribution in [1.29, 1.82) is 0 Å². The lowest BCUT2D eigenvalue weighted by Crippen LogP contribution is -2.33. The van der Waals surface area contributed by atoms with Crippen LogP contribution < -0.4 is 0 Å². The van der Waals surface area contributed by atoms with Crippen LogP contribution >= 0.6 is 0 Å². The molecule has 0 spiro atoms. The zero-order chi connectivity index (χ0) is 10.6. The number of methoxy groups -OCH3 is 1. The summed E-state index contributed by atoms with van der Waals surface area (Å²) in [6, 6.07) is 0. The minimum Gasteiger partial charge on any atom is -0.469 e. The maximum absolute atomic E-state index is 11.6. The highest BCUT2D eigenvalue weighted by molar-refractivity contribution is 5.73. The van der Waals surface area contributed by atoms with E-state index in [1.165, 1.54) is 7.11 Å². The van der Waals surface area contributed by atoms with Gasteiger partial charge >= 0.3 is 5.97 Å². The first-order valence-electron chi connectivity index (χ1n) is 5.04. The molecule has 0 amide bonds. The van der Waals surface area contributed by atoms with Crippen LogP contribution in [0.2, 0.25) is 0 Å². The molecule has 0 aromatic carbocycles. The summed E-state index contributed by atoms with van der Waals surface area (Å²) in [5, 5.41) is 0. The number of hydrogen-bond donors (Lipinski definition) is 0. The topological polar surface area (TPSA) is 29.5 Å². The highest BCUT2D eigenvalue weighted by atomic mass is 16.5. The Hall–Kier alpha value is -0.830. The first-order chi connectivity index (χ1) is 6.65. The number of rotatable bonds is 4. The number of esters is 1. The van der Waals surface area contributed by atoms with Crippen LogP contribution in [0.3, 0.4) is 0 Å². The molecule has 1 aliphatic rings. The minimum absolute atomic E-state index is 0.00579. The molecule has 0 saturated carbocycles. The van der Waals surface area contributed by atoms with Crippen molar-refractivity contribution in [3.05, 3.63) is 12.2 Å². The van der Waals surface area contributed by atoms with Crippen LogP contribution in [0.15, 0.2) is 12.2 Å². The van der Waals surface area contributed by atoms with Gasteiger partial charge in [0.1, 0.15) is 0 Å². The maximum Gasteiger partial charge on any atom is 0.310 e. The molecule has 3 nitrogen and oxygen atoms in total. The van der Waals surface area contributed by atoms with E-state index in [2.05, 4.69) is 12.2 Å². The normalized spacial score (nSPS) is 22.7. The van der Waals surface area contributed by atoms with Gasteiger partial charge in [-0.05, 0) is 32.9 Å². The second kappa shape index (κ2) is 5.15. The van der Waals surface area contributed by atoms with E-state index in [1.54, 1.807) is 0 Å². The van der Waals surface area contributed by atoms with Gasteiger partial charge in [0.15, 0.2) is 0 Å². The Bertz CT molecular complexity index is 223. The third kappa shape index (κ3) is 2.84. The number of carbonyl (C=O) groups is 1. The van der Waals surface area contributed by atoms with E-state index < -0.39 is 0 Å². The molecule has 0 N–H and O–H groups in total. The average molecular weight is 197 g/mol. The molecule has 14 heavy (non-hydrogen) atoms. The minimum atomic E-state index is -0.0877. The monoisotopic (exact) mass is 197 g/mol. The van der Waals surface area contributed by atoms with Gasteiger partial charge in [0.05, 0.1) is 13.0 Å². The Labute approximate surface area is 85.7 Å². The van der Waals surface area contributed by atoms with Crippen molar-refractivity contribution in [2.75, 3.05) is 27.7 Å². The van der Waals surface area contributed by atoms with E-state index in [-0.39, 0.29) is 11.9 Å². The second-order valence-electron chi connectivity index (χ2n) is 4.06. The molecule has 1 rings (SSSR count). The van der Waals surface area contributed by atoms with E-state index >= 15 is 0 Å². The Morgan fingerprint density at radius 3 is 2.79 bits per heavy atom. The van der Waals surface area contributed by atoms with Crippen molar-refractivity contribution in [3.8, 4) is 0 Å². The predicted molar refractivity (Wildman–Crippen MR) is 55.9 cm³/mol. The lowest BCUT2D eigenvalue weighted by atomic mass is 9.91. The Kier molecular flexibility index (Phi) is 4.14.